The lowest BCUT2D eigenvalue weighted by Crippen LogP contribution is -1.99. The van der Waals surface area contributed by atoms with E-state index in [-0.39, 0.29) is 11.4 Å². The molecule has 0 unspecified atom stereocenters. The van der Waals surface area contributed by atoms with E-state index in [1.54, 1.807) is 24.3 Å². The monoisotopic (exact) mass is 244 g/mol. The van der Waals surface area contributed by atoms with E-state index in [4.69, 9.17) is 5.11 Å². The molecule has 0 heterocycles. The summed E-state index contributed by atoms with van der Waals surface area (Å²) < 4.78 is 12.8. The number of carboxylic acid groups (broad SMARTS) is 1. The fraction of sp³-hybridized carbons (Fsp3) is 0.133. The van der Waals surface area contributed by atoms with Crippen LogP contribution < -0.4 is 0 Å². The zero-order valence-electron chi connectivity index (χ0n) is 9.98. The molecular formula is C15H13FO2. The fourth-order valence-corrected chi connectivity index (χ4v) is 1.85. The van der Waals surface area contributed by atoms with Crippen LogP contribution in [-0.4, -0.2) is 11.1 Å². The van der Waals surface area contributed by atoms with Crippen LogP contribution in [0.5, 0.6) is 0 Å². The van der Waals surface area contributed by atoms with Crippen molar-refractivity contribution >= 4 is 5.97 Å². The Balaban J connectivity index is 2.24. The van der Waals surface area contributed by atoms with Crippen molar-refractivity contribution < 1.29 is 14.3 Å². The zero-order chi connectivity index (χ0) is 13.1. The highest BCUT2D eigenvalue weighted by molar-refractivity contribution is 5.87. The molecule has 0 aliphatic heterocycles. The Labute approximate surface area is 105 Å². The minimum atomic E-state index is -0.925. The minimum absolute atomic E-state index is 0.253. The quantitative estimate of drug-likeness (QED) is 0.898. The van der Waals surface area contributed by atoms with Crippen LogP contribution in [0.1, 0.15) is 27.0 Å². The van der Waals surface area contributed by atoms with E-state index in [9.17, 15) is 9.18 Å². The van der Waals surface area contributed by atoms with Crippen molar-refractivity contribution in [1.82, 2.24) is 0 Å². The van der Waals surface area contributed by atoms with Gasteiger partial charge in [-0.15, -0.1) is 0 Å². The summed E-state index contributed by atoms with van der Waals surface area (Å²) in [5, 5.41) is 8.88. The van der Waals surface area contributed by atoms with Crippen molar-refractivity contribution in [3.63, 3.8) is 0 Å². The Morgan fingerprint density at radius 2 is 1.83 bits per heavy atom. The van der Waals surface area contributed by atoms with Crippen molar-refractivity contribution in [1.29, 1.82) is 0 Å². The topological polar surface area (TPSA) is 37.3 Å². The molecule has 0 fully saturated rings. The second-order valence-corrected chi connectivity index (χ2v) is 4.25. The fourth-order valence-electron chi connectivity index (χ4n) is 1.85. The van der Waals surface area contributed by atoms with E-state index >= 15 is 0 Å². The molecule has 0 saturated heterocycles. The molecule has 1 N–H and O–H groups in total. The van der Waals surface area contributed by atoms with Gasteiger partial charge in [-0.2, -0.15) is 0 Å². The molecule has 0 radical (unpaired) electrons. The summed E-state index contributed by atoms with van der Waals surface area (Å²) in [5.41, 5.74) is 3.27. The normalized spacial score (nSPS) is 10.3. The van der Waals surface area contributed by atoms with Crippen LogP contribution in [0.2, 0.25) is 0 Å². The Bertz CT molecular complexity index is 574. The van der Waals surface area contributed by atoms with Gasteiger partial charge >= 0.3 is 5.97 Å². The van der Waals surface area contributed by atoms with Gasteiger partial charge in [-0.25, -0.2) is 9.18 Å². The van der Waals surface area contributed by atoms with Crippen molar-refractivity contribution in [2.45, 2.75) is 13.3 Å². The maximum Gasteiger partial charge on any atom is 0.335 e. The number of aromatic carboxylic acids is 1. The lowest BCUT2D eigenvalue weighted by atomic mass is 9.98. The van der Waals surface area contributed by atoms with Gasteiger partial charge in [-0.05, 0) is 54.3 Å². The van der Waals surface area contributed by atoms with Crippen molar-refractivity contribution in [2.24, 2.45) is 0 Å². The molecule has 0 saturated carbocycles. The third-order valence-corrected chi connectivity index (χ3v) is 2.90. The van der Waals surface area contributed by atoms with Crippen LogP contribution in [-0.2, 0) is 6.42 Å². The summed E-state index contributed by atoms with van der Waals surface area (Å²) in [5.74, 6) is -1.18. The highest BCUT2D eigenvalue weighted by Gasteiger charge is 2.06. The van der Waals surface area contributed by atoms with Gasteiger partial charge in [-0.1, -0.05) is 18.2 Å². The second kappa shape index (κ2) is 5.00. The molecule has 2 rings (SSSR count). The van der Waals surface area contributed by atoms with E-state index in [0.29, 0.717) is 6.42 Å². The SMILES string of the molecule is Cc1cc(C(=O)O)ccc1Cc1ccc(F)cc1. The summed E-state index contributed by atoms with van der Waals surface area (Å²) in [6, 6.07) is 11.4. The highest BCUT2D eigenvalue weighted by Crippen LogP contribution is 2.16. The first-order valence-corrected chi connectivity index (χ1v) is 5.63. The molecule has 2 aromatic rings. The van der Waals surface area contributed by atoms with E-state index in [2.05, 4.69) is 0 Å². The first kappa shape index (κ1) is 12.3. The number of hydrogen-bond donors (Lipinski definition) is 1. The molecular weight excluding hydrogens is 231 g/mol. The number of carboxylic acids is 1. The van der Waals surface area contributed by atoms with Gasteiger partial charge in [-0.3, -0.25) is 0 Å². The third-order valence-electron chi connectivity index (χ3n) is 2.90. The van der Waals surface area contributed by atoms with E-state index in [1.165, 1.54) is 12.1 Å². The average Bonchev–Trinajstić information content (AvgIpc) is 2.34. The molecule has 2 aromatic carbocycles. The van der Waals surface area contributed by atoms with Gasteiger partial charge < -0.3 is 5.11 Å². The zero-order valence-corrected chi connectivity index (χ0v) is 9.98. The first-order valence-electron chi connectivity index (χ1n) is 5.63. The largest absolute Gasteiger partial charge is 0.478 e. The van der Waals surface area contributed by atoms with Crippen LogP contribution >= 0.6 is 0 Å². The average molecular weight is 244 g/mol. The Hall–Kier alpha value is -2.16. The van der Waals surface area contributed by atoms with Crippen LogP contribution in [0.3, 0.4) is 0 Å². The smallest absolute Gasteiger partial charge is 0.335 e. The standard InChI is InChI=1S/C15H13FO2/c1-10-8-13(15(17)18)5-4-12(10)9-11-2-6-14(16)7-3-11/h2-8H,9H2,1H3,(H,17,18). The number of hydrogen-bond acceptors (Lipinski definition) is 1. The Morgan fingerprint density at radius 3 is 2.39 bits per heavy atom. The Kier molecular flexibility index (Phi) is 3.42. The molecule has 0 bridgehead atoms. The van der Waals surface area contributed by atoms with Crippen LogP contribution in [0.25, 0.3) is 0 Å². The van der Waals surface area contributed by atoms with Crippen LogP contribution in [0, 0.1) is 12.7 Å². The molecule has 0 aromatic heterocycles. The molecule has 0 aliphatic carbocycles. The van der Waals surface area contributed by atoms with E-state index in [0.717, 1.165) is 16.7 Å². The predicted molar refractivity (Wildman–Crippen MR) is 67.3 cm³/mol. The summed E-state index contributed by atoms with van der Waals surface area (Å²) in [4.78, 5) is 10.8. The van der Waals surface area contributed by atoms with Crippen molar-refractivity contribution in [3.05, 3.63) is 70.5 Å². The van der Waals surface area contributed by atoms with Gasteiger partial charge in [0.05, 0.1) is 5.56 Å². The maximum absolute atomic E-state index is 12.8. The number of halogens is 1. The second-order valence-electron chi connectivity index (χ2n) is 4.25. The van der Waals surface area contributed by atoms with Gasteiger partial charge in [0.25, 0.3) is 0 Å². The molecule has 0 spiro atoms. The minimum Gasteiger partial charge on any atom is -0.478 e. The van der Waals surface area contributed by atoms with Crippen LogP contribution in [0.4, 0.5) is 4.39 Å². The summed E-state index contributed by atoms with van der Waals surface area (Å²) in [7, 11) is 0. The van der Waals surface area contributed by atoms with Gasteiger partial charge in [0, 0.05) is 0 Å². The molecule has 0 amide bonds. The molecule has 0 atom stereocenters. The maximum atomic E-state index is 12.8. The number of benzene rings is 2. The van der Waals surface area contributed by atoms with Crippen molar-refractivity contribution in [3.8, 4) is 0 Å². The Morgan fingerprint density at radius 1 is 1.17 bits per heavy atom. The molecule has 0 aliphatic rings. The third kappa shape index (κ3) is 2.74. The van der Waals surface area contributed by atoms with Gasteiger partial charge in [0.2, 0.25) is 0 Å². The number of carbonyl (C=O) groups is 1. The lowest BCUT2D eigenvalue weighted by Gasteiger charge is -2.07. The summed E-state index contributed by atoms with van der Waals surface area (Å²) in [6.45, 7) is 1.88. The van der Waals surface area contributed by atoms with E-state index in [1.807, 2.05) is 13.0 Å². The van der Waals surface area contributed by atoms with Crippen molar-refractivity contribution in [2.75, 3.05) is 0 Å². The number of rotatable bonds is 3. The molecule has 18 heavy (non-hydrogen) atoms. The van der Waals surface area contributed by atoms with Gasteiger partial charge in [0.1, 0.15) is 5.82 Å². The van der Waals surface area contributed by atoms with Gasteiger partial charge in [0.15, 0.2) is 0 Å². The molecule has 92 valence electrons. The van der Waals surface area contributed by atoms with Crippen LogP contribution in [0.15, 0.2) is 42.5 Å². The summed E-state index contributed by atoms with van der Waals surface area (Å²) in [6.07, 6.45) is 0.673. The highest BCUT2D eigenvalue weighted by atomic mass is 19.1. The van der Waals surface area contributed by atoms with E-state index < -0.39 is 5.97 Å². The molecule has 2 nitrogen and oxygen atoms in total. The number of aryl methyl sites for hydroxylation is 1. The first-order chi connectivity index (χ1) is 8.56. The lowest BCUT2D eigenvalue weighted by molar-refractivity contribution is 0.0697. The molecule has 3 heteroatoms. The summed E-state index contributed by atoms with van der Waals surface area (Å²) >= 11 is 0. The predicted octanol–water partition coefficient (Wildman–Crippen LogP) is 3.42.